The Hall–Kier alpha value is -3.04. The van der Waals surface area contributed by atoms with Gasteiger partial charge in [-0.3, -0.25) is 10.1 Å². The summed E-state index contributed by atoms with van der Waals surface area (Å²) < 4.78 is 11.8. The van der Waals surface area contributed by atoms with Gasteiger partial charge in [0.1, 0.15) is 10.6 Å². The van der Waals surface area contributed by atoms with E-state index in [4.69, 9.17) is 9.26 Å². The Morgan fingerprint density at radius 1 is 1.14 bits per heavy atom. The van der Waals surface area contributed by atoms with Gasteiger partial charge >= 0.3 is 0 Å². The summed E-state index contributed by atoms with van der Waals surface area (Å²) in [4.78, 5) is 21.7. The fourth-order valence-corrected chi connectivity index (χ4v) is 3.67. The molecule has 4 rings (SSSR count). The third kappa shape index (κ3) is 4.69. The molecule has 0 aliphatic heterocycles. The van der Waals surface area contributed by atoms with Gasteiger partial charge in [0, 0.05) is 10.0 Å². The number of nitrogens with one attached hydrogen (secondary N) is 1. The number of nitrogens with zero attached hydrogens (tertiary/aromatic N) is 3. The molecule has 1 amide bonds. The summed E-state index contributed by atoms with van der Waals surface area (Å²) in [6, 6.07) is 16.8. The van der Waals surface area contributed by atoms with Crippen molar-refractivity contribution in [2.75, 3.05) is 11.9 Å². The molecule has 0 saturated heterocycles. The summed E-state index contributed by atoms with van der Waals surface area (Å²) >= 11 is 4.63. The molecule has 2 heterocycles. The summed E-state index contributed by atoms with van der Waals surface area (Å²) in [5, 5.41) is 7.21. The number of carbonyl (C=O) groups excluding carboxylic acids is 1. The van der Waals surface area contributed by atoms with Crippen LogP contribution in [0.1, 0.15) is 5.69 Å². The van der Waals surface area contributed by atoms with Crippen LogP contribution in [-0.2, 0) is 4.79 Å². The van der Waals surface area contributed by atoms with Gasteiger partial charge in [-0.15, -0.1) is 0 Å². The highest BCUT2D eigenvalue weighted by Crippen LogP contribution is 2.32. The Morgan fingerprint density at radius 2 is 1.90 bits per heavy atom. The SMILES string of the molecule is Cc1nc(NC(=O)COc2ccc(Br)cc2)sc1-c1nc(-c2ccccc2)no1. The number of hydrogen-bond acceptors (Lipinski definition) is 7. The number of ether oxygens (including phenoxy) is 1. The molecule has 0 aliphatic rings. The van der Waals surface area contributed by atoms with Crippen molar-refractivity contribution in [3.05, 3.63) is 64.8 Å². The lowest BCUT2D eigenvalue weighted by Crippen LogP contribution is -2.20. The highest BCUT2D eigenvalue weighted by atomic mass is 79.9. The summed E-state index contributed by atoms with van der Waals surface area (Å²) in [5.41, 5.74) is 1.56. The number of thiazole rings is 1. The molecule has 0 unspecified atom stereocenters. The molecule has 2 aromatic heterocycles. The van der Waals surface area contributed by atoms with Crippen molar-refractivity contribution < 1.29 is 14.1 Å². The summed E-state index contributed by atoms with van der Waals surface area (Å²) in [7, 11) is 0. The van der Waals surface area contributed by atoms with Gasteiger partial charge in [0.25, 0.3) is 11.8 Å². The van der Waals surface area contributed by atoms with Crippen LogP contribution >= 0.6 is 27.3 Å². The number of aryl methyl sites for hydroxylation is 1. The Balaban J connectivity index is 1.42. The van der Waals surface area contributed by atoms with E-state index in [1.165, 1.54) is 11.3 Å². The van der Waals surface area contributed by atoms with E-state index in [0.717, 1.165) is 10.0 Å². The van der Waals surface area contributed by atoms with Gasteiger partial charge in [-0.2, -0.15) is 4.98 Å². The van der Waals surface area contributed by atoms with Gasteiger partial charge in [-0.05, 0) is 31.2 Å². The zero-order chi connectivity index (χ0) is 20.2. The van der Waals surface area contributed by atoms with Crippen LogP contribution in [0.25, 0.3) is 22.2 Å². The lowest BCUT2D eigenvalue weighted by atomic mass is 10.2. The van der Waals surface area contributed by atoms with Gasteiger partial charge in [-0.25, -0.2) is 4.98 Å². The molecule has 4 aromatic rings. The third-order valence-electron chi connectivity index (χ3n) is 3.88. The lowest BCUT2D eigenvalue weighted by molar-refractivity contribution is -0.118. The van der Waals surface area contributed by atoms with Crippen LogP contribution in [0.4, 0.5) is 5.13 Å². The van der Waals surface area contributed by atoms with Crippen LogP contribution in [0.15, 0.2) is 63.6 Å². The summed E-state index contributed by atoms with van der Waals surface area (Å²) in [6.45, 7) is 1.71. The minimum atomic E-state index is -0.302. The molecule has 0 saturated carbocycles. The van der Waals surface area contributed by atoms with Gasteiger partial charge < -0.3 is 9.26 Å². The molecular weight excluding hydrogens is 456 g/mol. The van der Waals surface area contributed by atoms with Crippen LogP contribution in [0.5, 0.6) is 5.75 Å². The molecule has 0 atom stereocenters. The highest BCUT2D eigenvalue weighted by molar-refractivity contribution is 9.10. The average molecular weight is 471 g/mol. The van der Waals surface area contributed by atoms with Crippen molar-refractivity contribution in [1.29, 1.82) is 0 Å². The van der Waals surface area contributed by atoms with Gasteiger partial charge in [-0.1, -0.05) is 62.8 Å². The van der Waals surface area contributed by atoms with Crippen LogP contribution in [-0.4, -0.2) is 27.6 Å². The molecule has 2 aromatic carbocycles. The van der Waals surface area contributed by atoms with E-state index in [1.54, 1.807) is 12.1 Å². The van der Waals surface area contributed by atoms with Crippen molar-refractivity contribution in [3.63, 3.8) is 0 Å². The number of carbonyl (C=O) groups is 1. The molecule has 0 fully saturated rings. The van der Waals surface area contributed by atoms with Gasteiger partial charge in [0.05, 0.1) is 5.69 Å². The Labute approximate surface area is 178 Å². The second kappa shape index (κ2) is 8.54. The number of hydrogen-bond donors (Lipinski definition) is 1. The monoisotopic (exact) mass is 470 g/mol. The molecule has 0 radical (unpaired) electrons. The number of amides is 1. The fraction of sp³-hybridized carbons (Fsp3) is 0.100. The van der Waals surface area contributed by atoms with E-state index in [2.05, 4.69) is 36.4 Å². The molecule has 0 bridgehead atoms. The molecule has 9 heteroatoms. The first-order chi connectivity index (χ1) is 14.1. The zero-order valence-corrected chi connectivity index (χ0v) is 17.7. The molecule has 0 spiro atoms. The average Bonchev–Trinajstić information content (AvgIpc) is 3.35. The third-order valence-corrected chi connectivity index (χ3v) is 5.47. The van der Waals surface area contributed by atoms with Crippen LogP contribution in [0.3, 0.4) is 0 Å². The second-order valence-corrected chi connectivity index (χ2v) is 7.93. The maximum Gasteiger partial charge on any atom is 0.270 e. The molecule has 29 heavy (non-hydrogen) atoms. The topological polar surface area (TPSA) is 90.1 Å². The maximum atomic E-state index is 12.2. The summed E-state index contributed by atoms with van der Waals surface area (Å²) in [5.74, 6) is 1.18. The minimum Gasteiger partial charge on any atom is -0.484 e. The van der Waals surface area contributed by atoms with Crippen molar-refractivity contribution in [1.82, 2.24) is 15.1 Å². The first-order valence-electron chi connectivity index (χ1n) is 8.63. The predicted molar refractivity (Wildman–Crippen MR) is 114 cm³/mol. The Bertz CT molecular complexity index is 1130. The number of aromatic nitrogens is 3. The number of rotatable bonds is 6. The van der Waals surface area contributed by atoms with Crippen molar-refractivity contribution in [2.24, 2.45) is 0 Å². The molecule has 146 valence electrons. The van der Waals surface area contributed by atoms with Gasteiger partial charge in [0.2, 0.25) is 5.82 Å². The first-order valence-corrected chi connectivity index (χ1v) is 10.2. The van der Waals surface area contributed by atoms with E-state index in [9.17, 15) is 4.79 Å². The van der Waals surface area contributed by atoms with Crippen molar-refractivity contribution in [3.8, 4) is 27.9 Å². The maximum absolute atomic E-state index is 12.2. The fourth-order valence-electron chi connectivity index (χ4n) is 2.50. The lowest BCUT2D eigenvalue weighted by Gasteiger charge is -2.05. The number of halogens is 1. The quantitative estimate of drug-likeness (QED) is 0.428. The summed E-state index contributed by atoms with van der Waals surface area (Å²) in [6.07, 6.45) is 0. The minimum absolute atomic E-state index is 0.117. The van der Waals surface area contributed by atoms with E-state index in [0.29, 0.717) is 33.2 Å². The second-order valence-electron chi connectivity index (χ2n) is 6.01. The molecule has 0 aliphatic carbocycles. The van der Waals surface area contributed by atoms with E-state index in [-0.39, 0.29) is 12.5 Å². The van der Waals surface area contributed by atoms with Crippen molar-refractivity contribution >= 4 is 38.3 Å². The molecular formula is C20H15BrN4O3S. The zero-order valence-electron chi connectivity index (χ0n) is 15.3. The van der Waals surface area contributed by atoms with Crippen molar-refractivity contribution in [2.45, 2.75) is 6.92 Å². The van der Waals surface area contributed by atoms with Crippen LogP contribution < -0.4 is 10.1 Å². The van der Waals surface area contributed by atoms with Crippen LogP contribution in [0.2, 0.25) is 0 Å². The predicted octanol–water partition coefficient (Wildman–Crippen LogP) is 4.95. The van der Waals surface area contributed by atoms with Crippen LogP contribution in [0, 0.1) is 6.92 Å². The first kappa shape index (κ1) is 19.3. The van der Waals surface area contributed by atoms with E-state index in [1.807, 2.05) is 49.4 Å². The molecule has 7 nitrogen and oxygen atoms in total. The normalized spacial score (nSPS) is 10.7. The number of benzene rings is 2. The smallest absolute Gasteiger partial charge is 0.270 e. The van der Waals surface area contributed by atoms with Gasteiger partial charge in [0.15, 0.2) is 11.7 Å². The van der Waals surface area contributed by atoms with E-state index < -0.39 is 0 Å². The largest absolute Gasteiger partial charge is 0.484 e. The Kier molecular flexibility index (Phi) is 5.68. The standard InChI is InChI=1S/C20H15BrN4O3S/c1-12-17(19-24-18(25-28-19)13-5-3-2-4-6-13)29-20(22-12)23-16(26)11-27-15-9-7-14(21)8-10-15/h2-10H,11H2,1H3,(H,22,23,26). The van der Waals surface area contributed by atoms with E-state index >= 15 is 0 Å². The highest BCUT2D eigenvalue weighted by Gasteiger charge is 2.18. The molecule has 1 N–H and O–H groups in total. The number of anilines is 1. The Morgan fingerprint density at radius 3 is 2.66 bits per heavy atom.